The standard InChI is InChI=1S/C10H21NO2/c1-5-7-10(4,11)9(12)13-8(3)6-2/h8H,5-7,11H2,1-4H3. The molecule has 0 fully saturated rings. The lowest BCUT2D eigenvalue weighted by Crippen LogP contribution is -2.46. The third kappa shape index (κ3) is 4.27. The van der Waals surface area contributed by atoms with E-state index in [0.717, 1.165) is 12.8 Å². The first kappa shape index (κ1) is 12.4. The molecule has 0 aromatic carbocycles. The van der Waals surface area contributed by atoms with E-state index in [4.69, 9.17) is 10.5 Å². The van der Waals surface area contributed by atoms with Crippen LogP contribution in [-0.2, 0) is 9.53 Å². The summed E-state index contributed by atoms with van der Waals surface area (Å²) in [5, 5.41) is 0. The summed E-state index contributed by atoms with van der Waals surface area (Å²) in [6.45, 7) is 7.58. The van der Waals surface area contributed by atoms with Gasteiger partial charge in [-0.15, -0.1) is 0 Å². The van der Waals surface area contributed by atoms with Crippen LogP contribution in [-0.4, -0.2) is 17.6 Å². The smallest absolute Gasteiger partial charge is 0.326 e. The van der Waals surface area contributed by atoms with Gasteiger partial charge in [-0.1, -0.05) is 20.3 Å². The lowest BCUT2D eigenvalue weighted by molar-refractivity contribution is -0.154. The Bertz CT molecular complexity index is 166. The summed E-state index contributed by atoms with van der Waals surface area (Å²) in [4.78, 5) is 11.5. The van der Waals surface area contributed by atoms with Gasteiger partial charge in [-0.05, 0) is 26.7 Å². The van der Waals surface area contributed by atoms with Crippen LogP contribution in [0.4, 0.5) is 0 Å². The van der Waals surface area contributed by atoms with Gasteiger partial charge in [0.1, 0.15) is 5.54 Å². The van der Waals surface area contributed by atoms with Crippen LogP contribution in [0.1, 0.15) is 47.0 Å². The molecule has 78 valence electrons. The number of nitrogens with two attached hydrogens (primary N) is 1. The van der Waals surface area contributed by atoms with E-state index in [-0.39, 0.29) is 12.1 Å². The molecule has 0 radical (unpaired) electrons. The summed E-state index contributed by atoms with van der Waals surface area (Å²) in [6.07, 6.45) is 2.35. The summed E-state index contributed by atoms with van der Waals surface area (Å²) in [7, 11) is 0. The van der Waals surface area contributed by atoms with Crippen molar-refractivity contribution in [3.8, 4) is 0 Å². The van der Waals surface area contributed by atoms with Crippen molar-refractivity contribution in [1.82, 2.24) is 0 Å². The lowest BCUT2D eigenvalue weighted by atomic mass is 9.98. The number of esters is 1. The molecular weight excluding hydrogens is 166 g/mol. The van der Waals surface area contributed by atoms with Crippen LogP contribution < -0.4 is 5.73 Å². The minimum Gasteiger partial charge on any atom is -0.461 e. The van der Waals surface area contributed by atoms with Crippen LogP contribution in [0.5, 0.6) is 0 Å². The maximum atomic E-state index is 11.5. The molecule has 0 aliphatic heterocycles. The highest BCUT2D eigenvalue weighted by molar-refractivity contribution is 5.80. The number of hydrogen-bond donors (Lipinski definition) is 1. The summed E-state index contributed by atoms with van der Waals surface area (Å²) in [6, 6.07) is 0. The number of carbonyl (C=O) groups is 1. The van der Waals surface area contributed by atoms with E-state index in [1.54, 1.807) is 6.92 Å². The number of rotatable bonds is 5. The third-order valence-electron chi connectivity index (χ3n) is 2.12. The number of ether oxygens (including phenoxy) is 1. The van der Waals surface area contributed by atoms with Crippen LogP contribution in [0.2, 0.25) is 0 Å². The minimum absolute atomic E-state index is 0.0350. The highest BCUT2D eigenvalue weighted by atomic mass is 16.5. The molecule has 0 aliphatic carbocycles. The van der Waals surface area contributed by atoms with Gasteiger partial charge in [0.15, 0.2) is 0 Å². The molecule has 0 aromatic heterocycles. The summed E-state index contributed by atoms with van der Waals surface area (Å²) < 4.78 is 5.15. The van der Waals surface area contributed by atoms with Gasteiger partial charge in [0, 0.05) is 0 Å². The zero-order valence-electron chi connectivity index (χ0n) is 9.09. The van der Waals surface area contributed by atoms with Gasteiger partial charge in [-0.3, -0.25) is 4.79 Å². The van der Waals surface area contributed by atoms with Gasteiger partial charge in [0.2, 0.25) is 0 Å². The van der Waals surface area contributed by atoms with Crippen LogP contribution in [0.3, 0.4) is 0 Å². The molecule has 0 saturated carbocycles. The molecule has 3 heteroatoms. The third-order valence-corrected chi connectivity index (χ3v) is 2.12. The molecule has 13 heavy (non-hydrogen) atoms. The maximum Gasteiger partial charge on any atom is 0.326 e. The van der Waals surface area contributed by atoms with Crippen molar-refractivity contribution in [3.63, 3.8) is 0 Å². The topological polar surface area (TPSA) is 52.3 Å². The lowest BCUT2D eigenvalue weighted by Gasteiger charge is -2.23. The van der Waals surface area contributed by atoms with E-state index in [9.17, 15) is 4.79 Å². The van der Waals surface area contributed by atoms with Crippen LogP contribution in [0.15, 0.2) is 0 Å². The fraction of sp³-hybridized carbons (Fsp3) is 0.900. The largest absolute Gasteiger partial charge is 0.461 e. The number of hydrogen-bond acceptors (Lipinski definition) is 3. The summed E-state index contributed by atoms with van der Waals surface area (Å²) in [5.41, 5.74) is 4.98. The van der Waals surface area contributed by atoms with Crippen LogP contribution in [0.25, 0.3) is 0 Å². The Morgan fingerprint density at radius 2 is 2.08 bits per heavy atom. The molecule has 0 saturated heterocycles. The fourth-order valence-corrected chi connectivity index (χ4v) is 1.02. The van der Waals surface area contributed by atoms with Crippen molar-refractivity contribution in [1.29, 1.82) is 0 Å². The zero-order chi connectivity index (χ0) is 10.5. The average Bonchev–Trinajstić information content (AvgIpc) is 2.04. The Morgan fingerprint density at radius 1 is 1.54 bits per heavy atom. The zero-order valence-corrected chi connectivity index (χ0v) is 9.09. The molecule has 0 rings (SSSR count). The van der Waals surface area contributed by atoms with Gasteiger partial charge in [-0.25, -0.2) is 0 Å². The van der Waals surface area contributed by atoms with Gasteiger partial charge < -0.3 is 10.5 Å². The Hall–Kier alpha value is -0.570. The van der Waals surface area contributed by atoms with Gasteiger partial charge in [0.25, 0.3) is 0 Å². The molecular formula is C10H21NO2. The normalized spacial score (nSPS) is 17.6. The van der Waals surface area contributed by atoms with Crippen molar-refractivity contribution in [3.05, 3.63) is 0 Å². The van der Waals surface area contributed by atoms with Gasteiger partial charge >= 0.3 is 5.97 Å². The molecule has 2 atom stereocenters. The summed E-state index contributed by atoms with van der Waals surface area (Å²) >= 11 is 0. The van der Waals surface area contributed by atoms with Crippen molar-refractivity contribution in [2.45, 2.75) is 58.6 Å². The predicted octanol–water partition coefficient (Wildman–Crippen LogP) is 1.85. The number of carbonyl (C=O) groups excluding carboxylic acids is 1. The molecule has 2 N–H and O–H groups in total. The molecule has 3 nitrogen and oxygen atoms in total. The molecule has 0 bridgehead atoms. The van der Waals surface area contributed by atoms with Crippen LogP contribution >= 0.6 is 0 Å². The average molecular weight is 187 g/mol. The first-order valence-corrected chi connectivity index (χ1v) is 4.94. The Labute approximate surface area is 80.6 Å². The van der Waals surface area contributed by atoms with E-state index in [1.807, 2.05) is 20.8 Å². The minimum atomic E-state index is -0.821. The highest BCUT2D eigenvalue weighted by Gasteiger charge is 2.29. The SMILES string of the molecule is CCCC(C)(N)C(=O)OC(C)CC. The van der Waals surface area contributed by atoms with E-state index in [1.165, 1.54) is 0 Å². The van der Waals surface area contributed by atoms with E-state index in [2.05, 4.69) is 0 Å². The van der Waals surface area contributed by atoms with Crippen LogP contribution in [0, 0.1) is 0 Å². The molecule has 2 unspecified atom stereocenters. The van der Waals surface area contributed by atoms with Crippen molar-refractivity contribution in [2.75, 3.05) is 0 Å². The maximum absolute atomic E-state index is 11.5. The second kappa shape index (κ2) is 5.22. The molecule has 0 amide bonds. The van der Waals surface area contributed by atoms with Crippen molar-refractivity contribution in [2.24, 2.45) is 5.73 Å². The van der Waals surface area contributed by atoms with Gasteiger partial charge in [0.05, 0.1) is 6.10 Å². The van der Waals surface area contributed by atoms with Crippen molar-refractivity contribution >= 4 is 5.97 Å². The van der Waals surface area contributed by atoms with E-state index >= 15 is 0 Å². The fourth-order valence-electron chi connectivity index (χ4n) is 1.02. The van der Waals surface area contributed by atoms with E-state index < -0.39 is 5.54 Å². The predicted molar refractivity (Wildman–Crippen MR) is 53.3 cm³/mol. The second-order valence-electron chi connectivity index (χ2n) is 3.79. The Balaban J connectivity index is 4.08. The first-order chi connectivity index (χ1) is 5.94. The molecule has 0 aliphatic rings. The Morgan fingerprint density at radius 3 is 2.46 bits per heavy atom. The molecule has 0 aromatic rings. The van der Waals surface area contributed by atoms with Crippen molar-refractivity contribution < 1.29 is 9.53 Å². The highest BCUT2D eigenvalue weighted by Crippen LogP contribution is 2.12. The van der Waals surface area contributed by atoms with E-state index in [0.29, 0.717) is 6.42 Å². The van der Waals surface area contributed by atoms with Gasteiger partial charge in [-0.2, -0.15) is 0 Å². The Kier molecular flexibility index (Phi) is 4.99. The second-order valence-corrected chi connectivity index (χ2v) is 3.79. The molecule has 0 heterocycles. The monoisotopic (exact) mass is 187 g/mol. The summed E-state index contributed by atoms with van der Waals surface area (Å²) in [5.74, 6) is -0.288. The molecule has 0 spiro atoms. The quantitative estimate of drug-likeness (QED) is 0.668. The first-order valence-electron chi connectivity index (χ1n) is 4.94.